The molecule has 25 heavy (non-hydrogen) atoms. The van der Waals surface area contributed by atoms with E-state index in [0.29, 0.717) is 0 Å². The normalized spacial score (nSPS) is 19.9. The number of benzene rings is 2. The Morgan fingerprint density at radius 3 is 2.12 bits per heavy atom. The first-order chi connectivity index (χ1) is 11.3. The summed E-state index contributed by atoms with van der Waals surface area (Å²) in [6, 6.07) is 16.4. The third-order valence-corrected chi connectivity index (χ3v) is 5.83. The average Bonchev–Trinajstić information content (AvgIpc) is 2.89. The molecule has 1 radical (unpaired) electrons. The minimum atomic E-state index is 0. The molecule has 1 aliphatic carbocycles. The van der Waals surface area contributed by atoms with E-state index in [9.17, 15) is 0 Å². The Bertz CT molecular complexity index is 780. The van der Waals surface area contributed by atoms with Gasteiger partial charge in [0, 0.05) is 31.5 Å². The SMILES string of the molecule is CN1[CH-]N(c2[c-]cccc2)c2cc3c(cc21)C(C)(C)CCC3(C)C.[Ir]. The molecule has 2 aromatic carbocycles. The van der Waals surface area contributed by atoms with Gasteiger partial charge in [-0.15, -0.1) is 5.69 Å². The summed E-state index contributed by atoms with van der Waals surface area (Å²) in [5.74, 6) is 0. The average molecular weight is 511 g/mol. The van der Waals surface area contributed by atoms with Crippen LogP contribution in [0, 0.1) is 12.7 Å². The molecule has 0 unspecified atom stereocenters. The predicted octanol–water partition coefficient (Wildman–Crippen LogP) is 5.54. The summed E-state index contributed by atoms with van der Waals surface area (Å²) in [5, 5.41) is 0. The Morgan fingerprint density at radius 2 is 1.56 bits per heavy atom. The van der Waals surface area contributed by atoms with Crippen molar-refractivity contribution in [2.45, 2.75) is 51.4 Å². The zero-order valence-electron chi connectivity index (χ0n) is 15.7. The fourth-order valence-corrected chi connectivity index (χ4v) is 4.09. The van der Waals surface area contributed by atoms with Gasteiger partial charge in [-0.1, -0.05) is 27.7 Å². The van der Waals surface area contributed by atoms with Gasteiger partial charge in [-0.05, 0) is 54.0 Å². The molecule has 0 atom stereocenters. The van der Waals surface area contributed by atoms with Gasteiger partial charge in [0.15, 0.2) is 0 Å². The zero-order valence-corrected chi connectivity index (χ0v) is 18.1. The molecule has 4 rings (SSSR count). The summed E-state index contributed by atoms with van der Waals surface area (Å²) < 4.78 is 0. The van der Waals surface area contributed by atoms with E-state index in [1.54, 1.807) is 0 Å². The second-order valence-corrected chi connectivity index (χ2v) is 8.50. The molecule has 135 valence electrons. The van der Waals surface area contributed by atoms with Gasteiger partial charge in [-0.25, -0.2) is 0 Å². The van der Waals surface area contributed by atoms with E-state index in [1.807, 2.05) is 12.1 Å². The van der Waals surface area contributed by atoms with Crippen LogP contribution < -0.4 is 9.80 Å². The maximum absolute atomic E-state index is 3.36. The zero-order chi connectivity index (χ0) is 17.1. The molecule has 0 bridgehead atoms. The molecule has 1 aliphatic heterocycles. The topological polar surface area (TPSA) is 6.48 Å². The molecule has 3 heteroatoms. The van der Waals surface area contributed by atoms with Crippen molar-refractivity contribution in [1.82, 2.24) is 0 Å². The van der Waals surface area contributed by atoms with Crippen LogP contribution in [-0.4, -0.2) is 7.05 Å². The van der Waals surface area contributed by atoms with Crippen LogP contribution in [0.1, 0.15) is 51.7 Å². The van der Waals surface area contributed by atoms with E-state index < -0.39 is 0 Å². The number of para-hydroxylation sites is 1. The van der Waals surface area contributed by atoms with Gasteiger partial charge in [0.2, 0.25) is 0 Å². The largest absolute Gasteiger partial charge is 0.504 e. The summed E-state index contributed by atoms with van der Waals surface area (Å²) in [7, 11) is 2.13. The first-order valence-electron chi connectivity index (χ1n) is 8.82. The van der Waals surface area contributed by atoms with Crippen LogP contribution in [0.5, 0.6) is 0 Å². The van der Waals surface area contributed by atoms with Crippen LogP contribution in [0.4, 0.5) is 17.1 Å². The summed E-state index contributed by atoms with van der Waals surface area (Å²) in [6.07, 6.45) is 2.48. The van der Waals surface area contributed by atoms with E-state index in [4.69, 9.17) is 0 Å². The van der Waals surface area contributed by atoms with Gasteiger partial charge in [0.05, 0.1) is 0 Å². The molecule has 0 amide bonds. The Hall–Kier alpha value is -1.31. The number of anilines is 3. The summed E-state index contributed by atoms with van der Waals surface area (Å²) in [4.78, 5) is 4.49. The Morgan fingerprint density at radius 1 is 0.960 bits per heavy atom. The Balaban J connectivity index is 0.00000182. The van der Waals surface area contributed by atoms with Crippen molar-refractivity contribution in [3.05, 3.63) is 60.3 Å². The van der Waals surface area contributed by atoms with Gasteiger partial charge in [-0.2, -0.15) is 37.0 Å². The molecule has 0 saturated carbocycles. The first kappa shape index (κ1) is 18.5. The smallest absolute Gasteiger partial charge is 0.0329 e. The Kier molecular flexibility index (Phi) is 4.54. The number of fused-ring (bicyclic) bond motifs is 2. The van der Waals surface area contributed by atoms with Crippen molar-refractivity contribution in [2.75, 3.05) is 16.8 Å². The van der Waals surface area contributed by atoms with Gasteiger partial charge >= 0.3 is 0 Å². The number of hydrogen-bond acceptors (Lipinski definition) is 2. The Labute approximate surface area is 165 Å². The van der Waals surface area contributed by atoms with Crippen LogP contribution >= 0.6 is 0 Å². The second-order valence-electron chi connectivity index (χ2n) is 8.50. The molecule has 1 heterocycles. The monoisotopic (exact) mass is 511 g/mol. The van der Waals surface area contributed by atoms with Crippen LogP contribution in [0.15, 0.2) is 36.4 Å². The van der Waals surface area contributed by atoms with Crippen molar-refractivity contribution in [1.29, 1.82) is 0 Å². The molecular weight excluding hydrogens is 484 g/mol. The van der Waals surface area contributed by atoms with Gasteiger partial charge in [-0.3, -0.25) is 0 Å². The molecule has 0 spiro atoms. The van der Waals surface area contributed by atoms with Crippen molar-refractivity contribution in [2.24, 2.45) is 0 Å². The van der Waals surface area contributed by atoms with Crippen LogP contribution in [-0.2, 0) is 30.9 Å². The number of rotatable bonds is 1. The summed E-state index contributed by atoms with van der Waals surface area (Å²) in [6.45, 7) is 11.7. The second kappa shape index (κ2) is 6.14. The van der Waals surface area contributed by atoms with E-state index in [1.165, 1.54) is 35.3 Å². The molecule has 0 aromatic heterocycles. The maximum Gasteiger partial charge on any atom is 0.0329 e. The predicted molar refractivity (Wildman–Crippen MR) is 102 cm³/mol. The van der Waals surface area contributed by atoms with Crippen LogP contribution in [0.3, 0.4) is 0 Å². The van der Waals surface area contributed by atoms with Crippen molar-refractivity contribution in [3.63, 3.8) is 0 Å². The molecule has 0 saturated heterocycles. The van der Waals surface area contributed by atoms with Gasteiger partial charge in [0.1, 0.15) is 0 Å². The standard InChI is InChI=1S/C22H26N2.Ir/c1-21(2)11-12-22(3,4)18-14-20-19(13-17(18)21)23(5)15-24(20)16-9-7-6-8-10-16;/h6-9,13-15H,11-12H2,1-5H3;/q-2;. The maximum atomic E-state index is 3.36. The van der Waals surface area contributed by atoms with E-state index in [-0.39, 0.29) is 30.9 Å². The van der Waals surface area contributed by atoms with Crippen molar-refractivity contribution in [3.8, 4) is 0 Å². The third kappa shape index (κ3) is 2.92. The molecule has 2 aliphatic rings. The van der Waals surface area contributed by atoms with E-state index in [2.05, 4.69) is 81.5 Å². The molecule has 0 N–H and O–H groups in total. The quantitative estimate of drug-likeness (QED) is 0.465. The van der Waals surface area contributed by atoms with E-state index >= 15 is 0 Å². The number of nitrogens with zero attached hydrogens (tertiary/aromatic N) is 2. The summed E-state index contributed by atoms with van der Waals surface area (Å²) >= 11 is 0. The minimum Gasteiger partial charge on any atom is -0.504 e. The minimum absolute atomic E-state index is 0. The van der Waals surface area contributed by atoms with Crippen LogP contribution in [0.2, 0.25) is 0 Å². The van der Waals surface area contributed by atoms with E-state index in [0.717, 1.165) is 5.69 Å². The van der Waals surface area contributed by atoms with Gasteiger partial charge < -0.3 is 9.80 Å². The first-order valence-corrected chi connectivity index (χ1v) is 8.82. The fourth-order valence-electron chi connectivity index (χ4n) is 4.09. The van der Waals surface area contributed by atoms with Gasteiger partial charge in [0.25, 0.3) is 0 Å². The molecule has 2 aromatic rings. The molecular formula is C22H26IrN2-2. The third-order valence-electron chi connectivity index (χ3n) is 5.83. The molecule has 2 nitrogen and oxygen atoms in total. The fraction of sp³-hybridized carbons (Fsp3) is 0.409. The van der Waals surface area contributed by atoms with Crippen LogP contribution in [0.25, 0.3) is 0 Å². The number of hydrogen-bond donors (Lipinski definition) is 0. The molecule has 0 fully saturated rings. The summed E-state index contributed by atoms with van der Waals surface area (Å²) in [5.41, 5.74) is 7.14. The van der Waals surface area contributed by atoms with Crippen molar-refractivity contribution >= 4 is 17.1 Å². The van der Waals surface area contributed by atoms with Crippen molar-refractivity contribution < 1.29 is 20.1 Å².